The zero-order valence-corrected chi connectivity index (χ0v) is 12.9. The van der Waals surface area contributed by atoms with Gasteiger partial charge in [-0.2, -0.15) is 0 Å². The number of ether oxygens (including phenoxy) is 2. The highest BCUT2D eigenvalue weighted by atomic mass is 16.6. The monoisotopic (exact) mass is 312 g/mol. The minimum Gasteiger partial charge on any atom is -0.479 e. The Labute approximate surface area is 132 Å². The third-order valence-electron chi connectivity index (χ3n) is 3.71. The number of benzene rings is 2. The van der Waals surface area contributed by atoms with Gasteiger partial charge in [-0.3, -0.25) is 0 Å². The van der Waals surface area contributed by atoms with Crippen molar-refractivity contribution in [2.24, 2.45) is 0 Å². The molecule has 5 nitrogen and oxygen atoms in total. The summed E-state index contributed by atoms with van der Waals surface area (Å²) < 4.78 is 15.7. The van der Waals surface area contributed by atoms with Gasteiger partial charge >= 0.3 is 11.6 Å². The summed E-state index contributed by atoms with van der Waals surface area (Å²) in [4.78, 5) is 23.7. The van der Waals surface area contributed by atoms with Gasteiger partial charge < -0.3 is 13.9 Å². The highest BCUT2D eigenvalue weighted by Gasteiger charge is 2.19. The second-order valence-corrected chi connectivity index (χ2v) is 5.13. The molecule has 1 aromatic heterocycles. The average molecular weight is 312 g/mol. The lowest BCUT2D eigenvalue weighted by Crippen LogP contribution is -2.27. The Morgan fingerprint density at radius 3 is 2.57 bits per heavy atom. The van der Waals surface area contributed by atoms with E-state index in [1.54, 1.807) is 24.3 Å². The predicted molar refractivity (Wildman–Crippen MR) is 86.7 cm³/mol. The molecule has 1 heterocycles. The summed E-state index contributed by atoms with van der Waals surface area (Å²) in [6, 6.07) is 12.5. The van der Waals surface area contributed by atoms with Crippen molar-refractivity contribution in [3.05, 3.63) is 52.9 Å². The van der Waals surface area contributed by atoms with Crippen LogP contribution in [0.5, 0.6) is 5.75 Å². The van der Waals surface area contributed by atoms with Crippen LogP contribution >= 0.6 is 0 Å². The van der Waals surface area contributed by atoms with Gasteiger partial charge in [0.1, 0.15) is 11.3 Å². The van der Waals surface area contributed by atoms with E-state index in [1.807, 2.05) is 25.1 Å². The molecule has 0 spiro atoms. The first-order valence-corrected chi connectivity index (χ1v) is 7.34. The summed E-state index contributed by atoms with van der Waals surface area (Å²) in [5.41, 5.74) is 0.0242. The van der Waals surface area contributed by atoms with E-state index < -0.39 is 17.7 Å². The average Bonchev–Trinajstić information content (AvgIpc) is 2.59. The van der Waals surface area contributed by atoms with E-state index in [9.17, 15) is 9.59 Å². The molecule has 0 aliphatic carbocycles. The van der Waals surface area contributed by atoms with Gasteiger partial charge in [0, 0.05) is 11.5 Å². The Kier molecular flexibility index (Phi) is 4.02. The van der Waals surface area contributed by atoms with Gasteiger partial charge in [0.2, 0.25) is 0 Å². The molecule has 0 saturated heterocycles. The van der Waals surface area contributed by atoms with Crippen LogP contribution in [0.2, 0.25) is 0 Å². The summed E-state index contributed by atoms with van der Waals surface area (Å²) >= 11 is 0. The van der Waals surface area contributed by atoms with Crippen LogP contribution in [0.25, 0.3) is 21.7 Å². The Morgan fingerprint density at radius 1 is 1.13 bits per heavy atom. The summed E-state index contributed by atoms with van der Waals surface area (Å²) in [5.74, 6) is 0.0146. The quantitative estimate of drug-likeness (QED) is 0.420. The highest BCUT2D eigenvalue weighted by molar-refractivity contribution is 6.04. The van der Waals surface area contributed by atoms with Gasteiger partial charge in [-0.05, 0) is 30.0 Å². The van der Waals surface area contributed by atoms with Crippen LogP contribution in [0, 0.1) is 0 Å². The summed E-state index contributed by atoms with van der Waals surface area (Å²) in [7, 11) is 1.32. The molecule has 3 rings (SSSR count). The molecule has 0 aliphatic heterocycles. The van der Waals surface area contributed by atoms with Crippen molar-refractivity contribution in [2.45, 2.75) is 19.4 Å². The Balaban J connectivity index is 2.07. The number of rotatable bonds is 4. The second-order valence-electron chi connectivity index (χ2n) is 5.13. The Hall–Kier alpha value is -2.82. The fraction of sp³-hybridized carbons (Fsp3) is 0.222. The van der Waals surface area contributed by atoms with Gasteiger partial charge in [-0.15, -0.1) is 0 Å². The number of carbonyl (C=O) groups excluding carboxylic acids is 1. The molecular weight excluding hydrogens is 296 g/mol. The molecule has 0 fully saturated rings. The zero-order valence-electron chi connectivity index (χ0n) is 12.9. The second kappa shape index (κ2) is 6.12. The van der Waals surface area contributed by atoms with Crippen LogP contribution in [0.3, 0.4) is 0 Å². The number of hydrogen-bond donors (Lipinski definition) is 0. The van der Waals surface area contributed by atoms with E-state index in [1.165, 1.54) is 7.11 Å². The molecule has 118 valence electrons. The van der Waals surface area contributed by atoms with Crippen molar-refractivity contribution in [1.82, 2.24) is 0 Å². The molecule has 5 heteroatoms. The molecule has 0 saturated carbocycles. The molecule has 23 heavy (non-hydrogen) atoms. The van der Waals surface area contributed by atoms with Gasteiger partial charge in [-0.25, -0.2) is 9.59 Å². The smallest absolute Gasteiger partial charge is 0.347 e. The van der Waals surface area contributed by atoms with Gasteiger partial charge in [-0.1, -0.05) is 25.1 Å². The number of esters is 1. The third kappa shape index (κ3) is 2.77. The van der Waals surface area contributed by atoms with Crippen molar-refractivity contribution in [1.29, 1.82) is 0 Å². The standard InChI is InChI=1S/C18H16O5/c1-3-15(18(20)21-2)22-11-8-9-13-12-6-4-5-7-14(12)17(19)23-16(13)10-11/h4-10,15H,3H2,1-2H3/t15-/m1/s1. The molecule has 3 aromatic rings. The Morgan fingerprint density at radius 2 is 1.87 bits per heavy atom. The van der Waals surface area contributed by atoms with E-state index in [0.717, 1.165) is 10.8 Å². The lowest BCUT2D eigenvalue weighted by Gasteiger charge is -2.15. The molecule has 0 aliphatic rings. The number of hydrogen-bond acceptors (Lipinski definition) is 5. The molecule has 0 radical (unpaired) electrons. The first-order chi connectivity index (χ1) is 11.1. The predicted octanol–water partition coefficient (Wildman–Crippen LogP) is 3.28. The number of methoxy groups -OCH3 is 1. The van der Waals surface area contributed by atoms with Crippen LogP contribution in [0.15, 0.2) is 51.7 Å². The largest absolute Gasteiger partial charge is 0.479 e. The minimum absolute atomic E-state index is 0.398. The van der Waals surface area contributed by atoms with Crippen LogP contribution in [0.1, 0.15) is 13.3 Å². The maximum Gasteiger partial charge on any atom is 0.347 e. The van der Waals surface area contributed by atoms with E-state index in [-0.39, 0.29) is 0 Å². The fourth-order valence-electron chi connectivity index (χ4n) is 2.53. The first kappa shape index (κ1) is 15.1. The van der Waals surface area contributed by atoms with Gasteiger partial charge in [0.05, 0.1) is 12.5 Å². The fourth-order valence-corrected chi connectivity index (χ4v) is 2.53. The first-order valence-electron chi connectivity index (χ1n) is 7.34. The molecule has 0 unspecified atom stereocenters. The minimum atomic E-state index is -0.690. The summed E-state index contributed by atoms with van der Waals surface area (Å²) in [6.45, 7) is 1.83. The normalized spacial score (nSPS) is 12.3. The van der Waals surface area contributed by atoms with Gasteiger partial charge in [0.25, 0.3) is 0 Å². The summed E-state index contributed by atoms with van der Waals surface area (Å²) in [5, 5.41) is 2.18. The van der Waals surface area contributed by atoms with Crippen LogP contribution in [-0.2, 0) is 9.53 Å². The SMILES string of the molecule is CC[C@@H](Oc1ccc2c(c1)oc(=O)c1ccccc12)C(=O)OC. The lowest BCUT2D eigenvalue weighted by molar-refractivity contribution is -0.148. The van der Waals surface area contributed by atoms with E-state index >= 15 is 0 Å². The van der Waals surface area contributed by atoms with E-state index in [0.29, 0.717) is 23.1 Å². The maximum absolute atomic E-state index is 12.1. The molecule has 0 amide bonds. The van der Waals surface area contributed by atoms with E-state index in [4.69, 9.17) is 13.9 Å². The van der Waals surface area contributed by atoms with Crippen molar-refractivity contribution < 1.29 is 18.7 Å². The van der Waals surface area contributed by atoms with Crippen LogP contribution < -0.4 is 10.4 Å². The topological polar surface area (TPSA) is 65.7 Å². The lowest BCUT2D eigenvalue weighted by atomic mass is 10.1. The molecule has 0 bridgehead atoms. The maximum atomic E-state index is 12.1. The summed E-state index contributed by atoms with van der Waals surface area (Å²) in [6.07, 6.45) is -0.212. The molecule has 0 N–H and O–H groups in total. The van der Waals surface area contributed by atoms with E-state index in [2.05, 4.69) is 0 Å². The van der Waals surface area contributed by atoms with Crippen LogP contribution in [0.4, 0.5) is 0 Å². The zero-order chi connectivity index (χ0) is 16.4. The number of fused-ring (bicyclic) bond motifs is 3. The van der Waals surface area contributed by atoms with Crippen molar-refractivity contribution in [2.75, 3.05) is 7.11 Å². The van der Waals surface area contributed by atoms with Crippen molar-refractivity contribution in [3.8, 4) is 5.75 Å². The van der Waals surface area contributed by atoms with Crippen molar-refractivity contribution in [3.63, 3.8) is 0 Å². The number of carbonyl (C=O) groups is 1. The molecular formula is C18H16O5. The Bertz CT molecular complexity index is 925. The van der Waals surface area contributed by atoms with Crippen LogP contribution in [-0.4, -0.2) is 19.2 Å². The van der Waals surface area contributed by atoms with Gasteiger partial charge in [0.15, 0.2) is 6.10 Å². The highest BCUT2D eigenvalue weighted by Crippen LogP contribution is 2.27. The third-order valence-corrected chi connectivity index (χ3v) is 3.71. The van der Waals surface area contributed by atoms with Crippen molar-refractivity contribution >= 4 is 27.7 Å². The molecule has 2 aromatic carbocycles. The molecule has 1 atom stereocenters.